The maximum atomic E-state index is 13.0. The molecule has 1 unspecified atom stereocenters. The number of alkyl halides is 3. The first-order valence-corrected chi connectivity index (χ1v) is 5.43. The second-order valence-corrected chi connectivity index (χ2v) is 3.88. The number of carboxylic acid groups (broad SMARTS) is 1. The van der Waals surface area contributed by atoms with Gasteiger partial charge in [0.05, 0.1) is 12.1 Å². The summed E-state index contributed by atoms with van der Waals surface area (Å²) in [4.78, 5) is 21.6. The van der Waals surface area contributed by atoms with Gasteiger partial charge in [-0.05, 0) is 18.2 Å². The Morgan fingerprint density at radius 1 is 1.29 bits per heavy atom. The van der Waals surface area contributed by atoms with Crippen LogP contribution in [0.3, 0.4) is 0 Å². The lowest BCUT2D eigenvalue weighted by molar-refractivity contribution is -0.146. The van der Waals surface area contributed by atoms with E-state index < -0.39 is 42.2 Å². The van der Waals surface area contributed by atoms with Crippen LogP contribution in [0.4, 0.5) is 28.0 Å². The molecule has 1 atom stereocenters. The third kappa shape index (κ3) is 4.91. The quantitative estimate of drug-likeness (QED) is 0.632. The number of hydrogen-bond donors (Lipinski definition) is 4. The Morgan fingerprint density at radius 3 is 2.43 bits per heavy atom. The molecule has 0 radical (unpaired) electrons. The van der Waals surface area contributed by atoms with Gasteiger partial charge in [-0.25, -0.2) is 14.0 Å². The number of amides is 2. The van der Waals surface area contributed by atoms with Crippen molar-refractivity contribution in [3.05, 3.63) is 29.6 Å². The van der Waals surface area contributed by atoms with Crippen molar-refractivity contribution in [2.24, 2.45) is 0 Å². The number of halogens is 4. The van der Waals surface area contributed by atoms with Crippen molar-refractivity contribution < 1.29 is 37.4 Å². The minimum absolute atomic E-state index is 0.342. The first-order chi connectivity index (χ1) is 9.61. The second-order valence-electron chi connectivity index (χ2n) is 3.88. The summed E-state index contributed by atoms with van der Waals surface area (Å²) in [5.74, 6) is -3.06. The number of carbonyl (C=O) groups is 2. The van der Waals surface area contributed by atoms with Crippen molar-refractivity contribution in [1.29, 1.82) is 0 Å². The number of aliphatic hydroxyl groups excluding tert-OH is 1. The number of aliphatic carboxylic acids is 1. The fourth-order valence-electron chi connectivity index (χ4n) is 1.27. The molecule has 0 spiro atoms. The van der Waals surface area contributed by atoms with Gasteiger partial charge in [-0.2, -0.15) is 13.2 Å². The van der Waals surface area contributed by atoms with Crippen LogP contribution >= 0.6 is 0 Å². The van der Waals surface area contributed by atoms with Crippen LogP contribution in [-0.4, -0.2) is 34.9 Å². The van der Waals surface area contributed by atoms with Crippen molar-refractivity contribution >= 4 is 17.7 Å². The average molecular weight is 310 g/mol. The normalized spacial score (nSPS) is 12.6. The van der Waals surface area contributed by atoms with E-state index in [9.17, 15) is 27.2 Å². The smallest absolute Gasteiger partial charge is 0.419 e. The van der Waals surface area contributed by atoms with E-state index in [2.05, 4.69) is 0 Å². The van der Waals surface area contributed by atoms with Crippen LogP contribution in [0.1, 0.15) is 5.56 Å². The number of aliphatic hydroxyl groups is 1. The highest BCUT2D eigenvalue weighted by atomic mass is 19.4. The van der Waals surface area contributed by atoms with Gasteiger partial charge in [-0.3, -0.25) is 0 Å². The third-order valence-electron chi connectivity index (χ3n) is 2.27. The maximum Gasteiger partial charge on any atom is 0.419 e. The van der Waals surface area contributed by atoms with E-state index >= 15 is 0 Å². The molecule has 10 heteroatoms. The molecule has 0 bridgehead atoms. The summed E-state index contributed by atoms with van der Waals surface area (Å²) in [6.07, 6.45) is -6.77. The van der Waals surface area contributed by atoms with Gasteiger partial charge in [-0.15, -0.1) is 0 Å². The van der Waals surface area contributed by atoms with Gasteiger partial charge >= 0.3 is 18.2 Å². The predicted molar refractivity (Wildman–Crippen MR) is 62.1 cm³/mol. The molecule has 2 amide bonds. The van der Waals surface area contributed by atoms with Crippen molar-refractivity contribution in [3.8, 4) is 0 Å². The van der Waals surface area contributed by atoms with Crippen molar-refractivity contribution in [2.45, 2.75) is 12.3 Å². The van der Waals surface area contributed by atoms with Crippen molar-refractivity contribution in [3.63, 3.8) is 0 Å². The van der Waals surface area contributed by atoms with Crippen LogP contribution in [-0.2, 0) is 11.0 Å². The van der Waals surface area contributed by atoms with E-state index in [0.717, 1.165) is 6.07 Å². The minimum Gasteiger partial charge on any atom is -0.479 e. The van der Waals surface area contributed by atoms with E-state index in [4.69, 9.17) is 10.2 Å². The van der Waals surface area contributed by atoms with Gasteiger partial charge in [0.15, 0.2) is 6.10 Å². The predicted octanol–water partition coefficient (Wildman–Crippen LogP) is 1.41. The molecule has 0 aromatic heterocycles. The molecule has 1 aromatic rings. The second kappa shape index (κ2) is 6.39. The Bertz CT molecular complexity index is 548. The molecule has 0 aliphatic rings. The fraction of sp³-hybridized carbons (Fsp3) is 0.273. The summed E-state index contributed by atoms with van der Waals surface area (Å²) >= 11 is 0. The van der Waals surface area contributed by atoms with E-state index in [-0.39, 0.29) is 5.69 Å². The number of rotatable bonds is 4. The molecule has 0 fully saturated rings. The number of nitrogens with one attached hydrogen (secondary N) is 2. The number of anilines is 1. The van der Waals surface area contributed by atoms with E-state index in [0.29, 0.717) is 12.1 Å². The van der Waals surface area contributed by atoms with Gasteiger partial charge in [0, 0.05) is 5.69 Å². The molecule has 0 aliphatic carbocycles. The number of benzene rings is 1. The zero-order valence-corrected chi connectivity index (χ0v) is 10.2. The summed E-state index contributed by atoms with van der Waals surface area (Å²) in [5, 5.41) is 21.1. The van der Waals surface area contributed by atoms with Crippen LogP contribution in [0.2, 0.25) is 0 Å². The molecule has 6 nitrogen and oxygen atoms in total. The monoisotopic (exact) mass is 310 g/mol. The highest BCUT2D eigenvalue weighted by molar-refractivity contribution is 5.89. The molecule has 0 aliphatic heterocycles. The van der Waals surface area contributed by atoms with E-state index in [1.165, 1.54) is 0 Å². The lowest BCUT2D eigenvalue weighted by Gasteiger charge is -2.12. The lowest BCUT2D eigenvalue weighted by atomic mass is 10.2. The lowest BCUT2D eigenvalue weighted by Crippen LogP contribution is -2.38. The molecule has 0 saturated heterocycles. The standard InChI is InChI=1S/C11H10F4N2O4/c12-7-2-1-5(3-6(7)11(13,14)15)17-10(21)16-4-8(18)9(19)20/h1-3,8,18H,4H2,(H,19,20)(H2,16,17,21). The number of carbonyl (C=O) groups excluding carboxylic acids is 1. The fourth-order valence-corrected chi connectivity index (χ4v) is 1.27. The van der Waals surface area contributed by atoms with E-state index in [1.807, 2.05) is 10.6 Å². The summed E-state index contributed by atoms with van der Waals surface area (Å²) in [7, 11) is 0. The first kappa shape index (κ1) is 16.7. The van der Waals surface area contributed by atoms with E-state index in [1.54, 1.807) is 0 Å². The zero-order chi connectivity index (χ0) is 16.2. The maximum absolute atomic E-state index is 13.0. The Kier molecular flexibility index (Phi) is 5.08. The number of hydrogen-bond acceptors (Lipinski definition) is 3. The molecule has 1 rings (SSSR count). The molecule has 0 saturated carbocycles. The van der Waals surface area contributed by atoms with Crippen LogP contribution in [0.15, 0.2) is 18.2 Å². The summed E-state index contributed by atoms with van der Waals surface area (Å²) in [5.41, 5.74) is -1.89. The third-order valence-corrected chi connectivity index (χ3v) is 2.27. The van der Waals surface area contributed by atoms with Gasteiger partial charge in [0.2, 0.25) is 0 Å². The number of urea groups is 1. The van der Waals surface area contributed by atoms with Gasteiger partial charge in [0.25, 0.3) is 0 Å². The summed E-state index contributed by atoms with van der Waals surface area (Å²) in [6.45, 7) is -0.644. The highest BCUT2D eigenvalue weighted by Crippen LogP contribution is 2.32. The molecule has 0 heterocycles. The minimum atomic E-state index is -4.92. The highest BCUT2D eigenvalue weighted by Gasteiger charge is 2.34. The Morgan fingerprint density at radius 2 is 1.90 bits per heavy atom. The molecule has 4 N–H and O–H groups in total. The van der Waals surface area contributed by atoms with Crippen LogP contribution < -0.4 is 10.6 Å². The molecular weight excluding hydrogens is 300 g/mol. The Labute approximate surface area is 115 Å². The molecule has 1 aromatic carbocycles. The van der Waals surface area contributed by atoms with Crippen LogP contribution in [0.5, 0.6) is 0 Å². The molecule has 21 heavy (non-hydrogen) atoms. The first-order valence-electron chi connectivity index (χ1n) is 5.43. The van der Waals surface area contributed by atoms with Crippen LogP contribution in [0, 0.1) is 5.82 Å². The van der Waals surface area contributed by atoms with Gasteiger partial charge in [0.1, 0.15) is 5.82 Å². The van der Waals surface area contributed by atoms with Gasteiger partial charge < -0.3 is 20.8 Å². The molecule has 116 valence electrons. The Hall–Kier alpha value is -2.36. The van der Waals surface area contributed by atoms with Crippen molar-refractivity contribution in [1.82, 2.24) is 5.32 Å². The summed E-state index contributed by atoms with van der Waals surface area (Å²) in [6, 6.07) is 0.778. The number of carboxylic acids is 1. The average Bonchev–Trinajstić information content (AvgIpc) is 2.36. The summed E-state index contributed by atoms with van der Waals surface area (Å²) < 4.78 is 50.3. The largest absolute Gasteiger partial charge is 0.479 e. The Balaban J connectivity index is 2.71. The topological polar surface area (TPSA) is 98.7 Å². The van der Waals surface area contributed by atoms with Crippen LogP contribution in [0.25, 0.3) is 0 Å². The zero-order valence-electron chi connectivity index (χ0n) is 10.2. The van der Waals surface area contributed by atoms with Gasteiger partial charge in [-0.1, -0.05) is 0 Å². The SMILES string of the molecule is O=C(NCC(O)C(=O)O)Nc1ccc(F)c(C(F)(F)F)c1. The molecular formula is C11H10F4N2O4. The van der Waals surface area contributed by atoms with Crippen molar-refractivity contribution in [2.75, 3.05) is 11.9 Å².